The van der Waals surface area contributed by atoms with Gasteiger partial charge in [-0.25, -0.2) is 0 Å². The van der Waals surface area contributed by atoms with Gasteiger partial charge in [-0.1, -0.05) is 23.4 Å². The van der Waals surface area contributed by atoms with Crippen molar-refractivity contribution >= 4 is 0 Å². The number of nitrogens with zero attached hydrogens (tertiary/aromatic N) is 3. The molecule has 0 spiro atoms. The molecule has 25 heavy (non-hydrogen) atoms. The molecule has 8 heteroatoms. The Kier molecular flexibility index (Phi) is 3.84. The van der Waals surface area contributed by atoms with Crippen molar-refractivity contribution in [2.45, 2.75) is 30.5 Å². The molecule has 0 bridgehead atoms. The van der Waals surface area contributed by atoms with Crippen LogP contribution in [0.3, 0.4) is 0 Å². The summed E-state index contributed by atoms with van der Waals surface area (Å²) in [5, 5.41) is 7.40. The third kappa shape index (κ3) is 2.93. The Balaban J connectivity index is 1.64. The van der Waals surface area contributed by atoms with E-state index in [0.717, 1.165) is 25.7 Å². The first-order valence-corrected chi connectivity index (χ1v) is 8.33. The highest BCUT2D eigenvalue weighted by Crippen LogP contribution is 2.53. The number of rotatable bonds is 3. The molecule has 0 radical (unpaired) electrons. The van der Waals surface area contributed by atoms with Crippen LogP contribution in [-0.2, 0) is 11.6 Å². The van der Waals surface area contributed by atoms with Gasteiger partial charge in [0.2, 0.25) is 5.89 Å². The Morgan fingerprint density at radius 1 is 1.32 bits per heavy atom. The Morgan fingerprint density at radius 2 is 2.12 bits per heavy atom. The Labute approximate surface area is 143 Å². The molecule has 1 aliphatic heterocycles. The standard InChI is InChI=1S/C17H19F3N4O/c1-24-8-7-21-10-13(24)14-22-15(25-23-14)16(5-6-16)11-3-2-4-12(9-11)17(18,19)20/h2-4,9,13,21H,5-8,10H2,1H3. The summed E-state index contributed by atoms with van der Waals surface area (Å²) in [5.74, 6) is 1.00. The molecule has 4 rings (SSSR count). The molecule has 2 aromatic rings. The largest absolute Gasteiger partial charge is 0.416 e. The highest BCUT2D eigenvalue weighted by molar-refractivity contribution is 5.41. The van der Waals surface area contributed by atoms with Gasteiger partial charge in [0, 0.05) is 19.6 Å². The Morgan fingerprint density at radius 3 is 2.80 bits per heavy atom. The molecule has 0 amide bonds. The number of piperazine rings is 1. The zero-order valence-electron chi connectivity index (χ0n) is 13.8. The quantitative estimate of drug-likeness (QED) is 0.921. The van der Waals surface area contributed by atoms with E-state index in [4.69, 9.17) is 4.52 Å². The maximum Gasteiger partial charge on any atom is 0.416 e. The second-order valence-electron chi connectivity index (χ2n) is 6.82. The zero-order valence-corrected chi connectivity index (χ0v) is 13.8. The second-order valence-corrected chi connectivity index (χ2v) is 6.82. The summed E-state index contributed by atoms with van der Waals surface area (Å²) in [6.07, 6.45) is -2.92. The fourth-order valence-electron chi connectivity index (χ4n) is 3.40. The van der Waals surface area contributed by atoms with Crippen LogP contribution < -0.4 is 5.32 Å². The van der Waals surface area contributed by atoms with Gasteiger partial charge in [0.15, 0.2) is 5.82 Å². The third-order valence-corrected chi connectivity index (χ3v) is 5.15. The molecule has 2 aliphatic rings. The van der Waals surface area contributed by atoms with Crippen LogP contribution in [0.25, 0.3) is 0 Å². The molecule has 1 atom stereocenters. The molecular weight excluding hydrogens is 333 g/mol. The van der Waals surface area contributed by atoms with Gasteiger partial charge in [0.25, 0.3) is 0 Å². The lowest BCUT2D eigenvalue weighted by atomic mass is 9.94. The minimum Gasteiger partial charge on any atom is -0.338 e. The minimum absolute atomic E-state index is 0.0172. The van der Waals surface area contributed by atoms with Crippen LogP contribution in [0.15, 0.2) is 28.8 Å². The summed E-state index contributed by atoms with van der Waals surface area (Å²) in [6, 6.07) is 5.45. The van der Waals surface area contributed by atoms with Gasteiger partial charge in [0.1, 0.15) is 0 Å². The van der Waals surface area contributed by atoms with Gasteiger partial charge in [0.05, 0.1) is 17.0 Å². The van der Waals surface area contributed by atoms with Crippen LogP contribution in [0.1, 0.15) is 41.7 Å². The summed E-state index contributed by atoms with van der Waals surface area (Å²) < 4.78 is 44.5. The number of halogens is 3. The molecule has 1 aromatic carbocycles. The summed E-state index contributed by atoms with van der Waals surface area (Å²) in [7, 11) is 2.00. The van der Waals surface area contributed by atoms with Crippen LogP contribution in [0.2, 0.25) is 0 Å². The lowest BCUT2D eigenvalue weighted by molar-refractivity contribution is -0.137. The maximum absolute atomic E-state index is 13.0. The zero-order chi connectivity index (χ0) is 17.7. The molecule has 1 saturated heterocycles. The molecule has 1 unspecified atom stereocenters. The normalized spacial score (nSPS) is 23.6. The lowest BCUT2D eigenvalue weighted by Crippen LogP contribution is -2.44. The molecule has 2 fully saturated rings. The van der Waals surface area contributed by atoms with Crippen LogP contribution in [0.4, 0.5) is 13.2 Å². The highest BCUT2D eigenvalue weighted by Gasteiger charge is 2.51. The number of hydrogen-bond acceptors (Lipinski definition) is 5. The predicted octanol–water partition coefficient (Wildman–Crippen LogP) is 2.74. The van der Waals surface area contributed by atoms with E-state index in [0.29, 0.717) is 30.1 Å². The predicted molar refractivity (Wildman–Crippen MR) is 84.0 cm³/mol. The molecular formula is C17H19F3N4O. The lowest BCUT2D eigenvalue weighted by Gasteiger charge is -2.30. The van der Waals surface area contributed by atoms with E-state index in [9.17, 15) is 13.2 Å². The number of benzene rings is 1. The Bertz CT molecular complexity index is 769. The first-order chi connectivity index (χ1) is 11.9. The molecule has 134 valence electrons. The highest BCUT2D eigenvalue weighted by atomic mass is 19.4. The number of nitrogens with one attached hydrogen (secondary N) is 1. The number of likely N-dealkylation sites (N-methyl/N-ethyl adjacent to an activating group) is 1. The van der Waals surface area contributed by atoms with Crippen molar-refractivity contribution in [2.24, 2.45) is 0 Å². The summed E-state index contributed by atoms with van der Waals surface area (Å²) >= 11 is 0. The topological polar surface area (TPSA) is 54.2 Å². The van der Waals surface area contributed by atoms with Crippen LogP contribution >= 0.6 is 0 Å². The first kappa shape index (κ1) is 16.5. The van der Waals surface area contributed by atoms with Crippen molar-refractivity contribution in [3.05, 3.63) is 47.1 Å². The Hall–Kier alpha value is -1.93. The van der Waals surface area contributed by atoms with E-state index >= 15 is 0 Å². The molecule has 1 aromatic heterocycles. The van der Waals surface area contributed by atoms with Crippen molar-refractivity contribution in [2.75, 3.05) is 26.7 Å². The van der Waals surface area contributed by atoms with Gasteiger partial charge in [-0.15, -0.1) is 0 Å². The van der Waals surface area contributed by atoms with Gasteiger partial charge in [-0.3, -0.25) is 4.90 Å². The van der Waals surface area contributed by atoms with Crippen LogP contribution in [0, 0.1) is 0 Å². The summed E-state index contributed by atoms with van der Waals surface area (Å²) in [6.45, 7) is 2.52. The van der Waals surface area contributed by atoms with E-state index in [1.54, 1.807) is 6.07 Å². The fraction of sp³-hybridized carbons (Fsp3) is 0.529. The van der Waals surface area contributed by atoms with E-state index < -0.39 is 17.2 Å². The third-order valence-electron chi connectivity index (χ3n) is 5.15. The van der Waals surface area contributed by atoms with E-state index in [-0.39, 0.29) is 6.04 Å². The van der Waals surface area contributed by atoms with E-state index in [1.165, 1.54) is 12.1 Å². The molecule has 1 aliphatic carbocycles. The van der Waals surface area contributed by atoms with Crippen molar-refractivity contribution in [1.29, 1.82) is 0 Å². The van der Waals surface area contributed by atoms with Crippen molar-refractivity contribution in [3.63, 3.8) is 0 Å². The second kappa shape index (κ2) is 5.81. The molecule has 1 N–H and O–H groups in total. The van der Waals surface area contributed by atoms with Gasteiger partial charge >= 0.3 is 6.18 Å². The van der Waals surface area contributed by atoms with E-state index in [2.05, 4.69) is 20.4 Å². The average Bonchev–Trinajstić information content (AvgIpc) is 3.26. The minimum atomic E-state index is -4.36. The van der Waals surface area contributed by atoms with Crippen molar-refractivity contribution in [3.8, 4) is 0 Å². The van der Waals surface area contributed by atoms with Gasteiger partial charge in [-0.05, 0) is 31.5 Å². The van der Waals surface area contributed by atoms with Crippen molar-refractivity contribution in [1.82, 2.24) is 20.4 Å². The fourth-order valence-corrected chi connectivity index (χ4v) is 3.40. The van der Waals surface area contributed by atoms with Crippen molar-refractivity contribution < 1.29 is 17.7 Å². The van der Waals surface area contributed by atoms with Gasteiger partial charge in [-0.2, -0.15) is 18.2 Å². The van der Waals surface area contributed by atoms with E-state index in [1.807, 2.05) is 7.05 Å². The summed E-state index contributed by atoms with van der Waals surface area (Å²) in [4.78, 5) is 6.69. The maximum atomic E-state index is 13.0. The van der Waals surface area contributed by atoms with Gasteiger partial charge < -0.3 is 9.84 Å². The monoisotopic (exact) mass is 352 g/mol. The number of alkyl halides is 3. The number of aromatic nitrogens is 2. The molecule has 1 saturated carbocycles. The number of hydrogen-bond donors (Lipinski definition) is 1. The average molecular weight is 352 g/mol. The SMILES string of the molecule is CN1CCNCC1c1noc(C2(c3cccc(C(F)(F)F)c3)CC2)n1. The first-order valence-electron chi connectivity index (χ1n) is 8.33. The van der Waals surface area contributed by atoms with Crippen LogP contribution in [-0.4, -0.2) is 41.7 Å². The van der Waals surface area contributed by atoms with Crippen LogP contribution in [0.5, 0.6) is 0 Å². The molecule has 5 nitrogen and oxygen atoms in total. The smallest absolute Gasteiger partial charge is 0.338 e. The molecule has 2 heterocycles. The summed E-state index contributed by atoms with van der Waals surface area (Å²) in [5.41, 5.74) is -0.632.